The number of rotatable bonds is 3. The summed E-state index contributed by atoms with van der Waals surface area (Å²) in [7, 11) is 1.64. The molecule has 3 aromatic rings. The number of ether oxygens (including phenoxy) is 1. The Kier molecular flexibility index (Phi) is 3.21. The highest BCUT2D eigenvalue weighted by Gasteiger charge is 2.08. The van der Waals surface area contributed by atoms with Crippen molar-refractivity contribution in [3.05, 3.63) is 54.4 Å². The van der Waals surface area contributed by atoms with E-state index in [2.05, 4.69) is 28.3 Å². The quantitative estimate of drug-likeness (QED) is 0.784. The molecular formula is C16H15N3O. The van der Waals surface area contributed by atoms with Crippen molar-refractivity contribution in [2.75, 3.05) is 12.4 Å². The SMILES string of the molecule is COc1cccc2c(Nc3ccccc3C)ncnc12. The molecule has 0 fully saturated rings. The lowest BCUT2D eigenvalue weighted by molar-refractivity contribution is 0.419. The third-order valence-corrected chi connectivity index (χ3v) is 3.25. The van der Waals surface area contributed by atoms with Crippen molar-refractivity contribution < 1.29 is 4.74 Å². The average Bonchev–Trinajstić information content (AvgIpc) is 2.49. The van der Waals surface area contributed by atoms with Crippen LogP contribution >= 0.6 is 0 Å². The van der Waals surface area contributed by atoms with E-state index in [0.29, 0.717) is 0 Å². The van der Waals surface area contributed by atoms with Crippen molar-refractivity contribution >= 4 is 22.4 Å². The molecule has 0 aliphatic carbocycles. The van der Waals surface area contributed by atoms with Gasteiger partial charge in [0, 0.05) is 11.1 Å². The van der Waals surface area contributed by atoms with Gasteiger partial charge >= 0.3 is 0 Å². The van der Waals surface area contributed by atoms with Gasteiger partial charge in [-0.15, -0.1) is 0 Å². The van der Waals surface area contributed by atoms with Gasteiger partial charge in [-0.25, -0.2) is 9.97 Å². The molecule has 0 saturated carbocycles. The molecule has 0 unspecified atom stereocenters. The summed E-state index contributed by atoms with van der Waals surface area (Å²) >= 11 is 0. The third-order valence-electron chi connectivity index (χ3n) is 3.25. The lowest BCUT2D eigenvalue weighted by Gasteiger charge is -2.11. The van der Waals surface area contributed by atoms with Gasteiger partial charge in [0.15, 0.2) is 0 Å². The van der Waals surface area contributed by atoms with Crippen LogP contribution in [0.5, 0.6) is 5.75 Å². The van der Waals surface area contributed by atoms with E-state index >= 15 is 0 Å². The maximum absolute atomic E-state index is 5.34. The molecule has 100 valence electrons. The van der Waals surface area contributed by atoms with Gasteiger partial charge in [-0.2, -0.15) is 0 Å². The Morgan fingerprint density at radius 3 is 2.65 bits per heavy atom. The van der Waals surface area contributed by atoms with Crippen LogP contribution in [0, 0.1) is 6.92 Å². The van der Waals surface area contributed by atoms with E-state index in [0.717, 1.165) is 28.2 Å². The largest absolute Gasteiger partial charge is 0.494 e. The van der Waals surface area contributed by atoms with Crippen molar-refractivity contribution in [1.82, 2.24) is 9.97 Å². The van der Waals surface area contributed by atoms with E-state index in [1.54, 1.807) is 13.4 Å². The molecule has 3 rings (SSSR count). The molecule has 0 radical (unpaired) electrons. The Morgan fingerprint density at radius 1 is 1.00 bits per heavy atom. The van der Waals surface area contributed by atoms with Crippen molar-refractivity contribution in [2.45, 2.75) is 6.92 Å². The van der Waals surface area contributed by atoms with Gasteiger partial charge in [0.05, 0.1) is 7.11 Å². The molecule has 0 atom stereocenters. The summed E-state index contributed by atoms with van der Waals surface area (Å²) in [5.74, 6) is 1.53. The minimum atomic E-state index is 0.748. The van der Waals surface area contributed by atoms with E-state index in [4.69, 9.17) is 4.74 Å². The molecule has 0 spiro atoms. The predicted octanol–water partition coefficient (Wildman–Crippen LogP) is 3.69. The molecule has 4 nitrogen and oxygen atoms in total. The fourth-order valence-corrected chi connectivity index (χ4v) is 2.17. The molecule has 20 heavy (non-hydrogen) atoms. The van der Waals surface area contributed by atoms with Gasteiger partial charge in [0.1, 0.15) is 23.4 Å². The van der Waals surface area contributed by atoms with Gasteiger partial charge in [-0.05, 0) is 30.7 Å². The predicted molar refractivity (Wildman–Crippen MR) is 80.6 cm³/mol. The fraction of sp³-hybridized carbons (Fsp3) is 0.125. The minimum Gasteiger partial charge on any atom is -0.494 e. The molecule has 1 aromatic heterocycles. The molecule has 0 saturated heterocycles. The zero-order chi connectivity index (χ0) is 13.9. The standard InChI is InChI=1S/C16H15N3O/c1-11-6-3-4-8-13(11)19-16-12-7-5-9-14(20-2)15(12)17-10-18-16/h3-10H,1-2H3,(H,17,18,19). The van der Waals surface area contributed by atoms with E-state index in [1.807, 2.05) is 36.4 Å². The Labute approximate surface area is 117 Å². The lowest BCUT2D eigenvalue weighted by atomic mass is 10.2. The van der Waals surface area contributed by atoms with E-state index < -0.39 is 0 Å². The molecule has 2 aromatic carbocycles. The van der Waals surface area contributed by atoms with Crippen LogP contribution in [-0.4, -0.2) is 17.1 Å². The van der Waals surface area contributed by atoms with Crippen molar-refractivity contribution in [3.63, 3.8) is 0 Å². The molecule has 0 bridgehead atoms. The monoisotopic (exact) mass is 265 g/mol. The van der Waals surface area contributed by atoms with Crippen LogP contribution in [-0.2, 0) is 0 Å². The smallest absolute Gasteiger partial charge is 0.145 e. The van der Waals surface area contributed by atoms with Crippen LogP contribution in [0.25, 0.3) is 10.9 Å². The zero-order valence-corrected chi connectivity index (χ0v) is 11.4. The maximum Gasteiger partial charge on any atom is 0.145 e. The number of hydrogen-bond acceptors (Lipinski definition) is 4. The maximum atomic E-state index is 5.34. The highest BCUT2D eigenvalue weighted by Crippen LogP contribution is 2.29. The Morgan fingerprint density at radius 2 is 1.85 bits per heavy atom. The number of para-hydroxylation sites is 2. The lowest BCUT2D eigenvalue weighted by Crippen LogP contribution is -1.98. The summed E-state index contributed by atoms with van der Waals surface area (Å²) < 4.78 is 5.34. The van der Waals surface area contributed by atoms with Crippen LogP contribution in [0.4, 0.5) is 11.5 Å². The first kappa shape index (κ1) is 12.4. The van der Waals surface area contributed by atoms with Gasteiger partial charge in [0.25, 0.3) is 0 Å². The second-order valence-corrected chi connectivity index (χ2v) is 4.52. The normalized spacial score (nSPS) is 10.5. The zero-order valence-electron chi connectivity index (χ0n) is 11.4. The van der Waals surface area contributed by atoms with E-state index in [9.17, 15) is 0 Å². The summed E-state index contributed by atoms with van der Waals surface area (Å²) in [6.07, 6.45) is 1.55. The number of hydrogen-bond donors (Lipinski definition) is 1. The number of methoxy groups -OCH3 is 1. The van der Waals surface area contributed by atoms with Crippen molar-refractivity contribution in [2.24, 2.45) is 0 Å². The van der Waals surface area contributed by atoms with Crippen LogP contribution in [0.1, 0.15) is 5.56 Å². The summed E-state index contributed by atoms with van der Waals surface area (Å²) in [5.41, 5.74) is 3.01. The van der Waals surface area contributed by atoms with E-state index in [1.165, 1.54) is 5.56 Å². The summed E-state index contributed by atoms with van der Waals surface area (Å²) in [4.78, 5) is 8.64. The highest BCUT2D eigenvalue weighted by molar-refractivity contribution is 5.94. The molecule has 0 amide bonds. The van der Waals surface area contributed by atoms with Gasteiger partial charge in [-0.3, -0.25) is 0 Å². The van der Waals surface area contributed by atoms with Crippen LogP contribution in [0.15, 0.2) is 48.8 Å². The number of aryl methyl sites for hydroxylation is 1. The molecule has 1 N–H and O–H groups in total. The van der Waals surface area contributed by atoms with Gasteiger partial charge in [0.2, 0.25) is 0 Å². The number of benzene rings is 2. The Balaban J connectivity index is 2.11. The van der Waals surface area contributed by atoms with Crippen LogP contribution in [0.3, 0.4) is 0 Å². The highest BCUT2D eigenvalue weighted by atomic mass is 16.5. The second-order valence-electron chi connectivity index (χ2n) is 4.52. The number of anilines is 2. The van der Waals surface area contributed by atoms with Crippen LogP contribution in [0.2, 0.25) is 0 Å². The number of nitrogens with zero attached hydrogens (tertiary/aromatic N) is 2. The first-order valence-corrected chi connectivity index (χ1v) is 6.40. The van der Waals surface area contributed by atoms with Gasteiger partial charge < -0.3 is 10.1 Å². The Bertz CT molecular complexity index is 756. The number of aromatic nitrogens is 2. The first-order valence-electron chi connectivity index (χ1n) is 6.40. The minimum absolute atomic E-state index is 0.748. The fourth-order valence-electron chi connectivity index (χ4n) is 2.17. The molecule has 0 aliphatic rings. The topological polar surface area (TPSA) is 47.0 Å². The summed E-state index contributed by atoms with van der Waals surface area (Å²) in [6, 6.07) is 13.9. The molecule has 4 heteroatoms. The molecular weight excluding hydrogens is 250 g/mol. The number of fused-ring (bicyclic) bond motifs is 1. The van der Waals surface area contributed by atoms with Crippen molar-refractivity contribution in [1.29, 1.82) is 0 Å². The first-order chi connectivity index (χ1) is 9.79. The summed E-state index contributed by atoms with van der Waals surface area (Å²) in [5, 5.41) is 4.30. The van der Waals surface area contributed by atoms with Crippen molar-refractivity contribution in [3.8, 4) is 5.75 Å². The van der Waals surface area contributed by atoms with Crippen LogP contribution < -0.4 is 10.1 Å². The number of nitrogens with one attached hydrogen (secondary N) is 1. The average molecular weight is 265 g/mol. The molecule has 1 heterocycles. The Hall–Kier alpha value is -2.62. The molecule has 0 aliphatic heterocycles. The van der Waals surface area contributed by atoms with E-state index in [-0.39, 0.29) is 0 Å². The van der Waals surface area contributed by atoms with Gasteiger partial charge in [-0.1, -0.05) is 24.3 Å². The summed E-state index contributed by atoms with van der Waals surface area (Å²) in [6.45, 7) is 2.06. The third kappa shape index (κ3) is 2.16. The second kappa shape index (κ2) is 5.17.